The van der Waals surface area contributed by atoms with Crippen molar-refractivity contribution in [2.45, 2.75) is 25.3 Å². The van der Waals surface area contributed by atoms with Crippen LogP contribution in [0, 0.1) is 6.92 Å². The molecule has 1 N–H and O–H groups in total. The number of methoxy groups -OCH3 is 1. The van der Waals surface area contributed by atoms with Crippen molar-refractivity contribution < 1.29 is 18.7 Å². The van der Waals surface area contributed by atoms with Gasteiger partial charge in [-0.15, -0.1) is 0 Å². The normalized spacial score (nSPS) is 21.6. The zero-order valence-electron chi connectivity index (χ0n) is 12.4. The Hall–Kier alpha value is -1.34. The van der Waals surface area contributed by atoms with Crippen LogP contribution in [0.2, 0.25) is 0 Å². The first-order valence-corrected chi connectivity index (χ1v) is 7.54. The summed E-state index contributed by atoms with van der Waals surface area (Å²) in [4.78, 5) is 26.7. The molecule has 2 heterocycles. The summed E-state index contributed by atoms with van der Waals surface area (Å²) < 4.78 is 11.1. The van der Waals surface area contributed by atoms with Crippen LogP contribution in [0.25, 0.3) is 0 Å². The van der Waals surface area contributed by atoms with Gasteiger partial charge in [0.2, 0.25) is 5.91 Å². The third kappa shape index (κ3) is 2.72. The van der Waals surface area contributed by atoms with Crippen LogP contribution in [0.4, 0.5) is 0 Å². The van der Waals surface area contributed by atoms with Crippen molar-refractivity contribution in [2.24, 2.45) is 0 Å². The summed E-state index contributed by atoms with van der Waals surface area (Å²) >= 11 is 3.22. The number of carbonyl (C=O) groups excluding carboxylic acids is 2. The van der Waals surface area contributed by atoms with E-state index in [0.717, 1.165) is 12.0 Å². The number of aryl methyl sites for hydroxylation is 1. The molecule has 1 aromatic rings. The van der Waals surface area contributed by atoms with Gasteiger partial charge >= 0.3 is 0 Å². The van der Waals surface area contributed by atoms with Crippen molar-refractivity contribution in [1.29, 1.82) is 0 Å². The lowest BCUT2D eigenvalue weighted by atomic mass is 9.95. The summed E-state index contributed by atoms with van der Waals surface area (Å²) in [5.41, 5.74) is -0.228. The minimum atomic E-state index is -0.966. The van der Waals surface area contributed by atoms with Gasteiger partial charge < -0.3 is 19.4 Å². The summed E-state index contributed by atoms with van der Waals surface area (Å²) in [6.45, 7) is 2.47. The number of hydrogen-bond acceptors (Lipinski definition) is 4. The summed E-state index contributed by atoms with van der Waals surface area (Å²) in [5, 5.41) is 2.64. The average molecular weight is 359 g/mol. The molecule has 0 spiro atoms. The molecule has 1 aromatic heterocycles. The second-order valence-electron chi connectivity index (χ2n) is 5.17. The monoisotopic (exact) mass is 358 g/mol. The van der Waals surface area contributed by atoms with Crippen molar-refractivity contribution in [1.82, 2.24) is 10.2 Å². The SMILES string of the molecule is CNC(=O)C1(COC)CCCN1C(=O)c1oc(Br)cc1C. The van der Waals surface area contributed by atoms with Gasteiger partial charge in [0.15, 0.2) is 10.4 Å². The Morgan fingerprint density at radius 1 is 1.57 bits per heavy atom. The number of nitrogens with one attached hydrogen (secondary N) is 1. The summed E-state index contributed by atoms with van der Waals surface area (Å²) in [5.74, 6) is -0.233. The molecular formula is C14H19BrN2O4. The van der Waals surface area contributed by atoms with Gasteiger partial charge in [-0.1, -0.05) is 0 Å². The quantitative estimate of drug-likeness (QED) is 0.889. The molecule has 1 aliphatic heterocycles. The largest absolute Gasteiger partial charge is 0.444 e. The minimum Gasteiger partial charge on any atom is -0.444 e. The van der Waals surface area contributed by atoms with Crippen molar-refractivity contribution >= 4 is 27.7 Å². The molecule has 1 saturated heterocycles. The first-order valence-electron chi connectivity index (χ1n) is 6.75. The molecule has 116 valence electrons. The standard InChI is InChI=1S/C14H19BrN2O4/c1-9-7-10(15)21-11(9)12(18)17-6-4-5-14(17,8-20-3)13(19)16-2/h7H,4-6,8H2,1-3H3,(H,16,19). The number of likely N-dealkylation sites (N-methyl/N-ethyl adjacent to an activating group) is 1. The predicted molar refractivity (Wildman–Crippen MR) is 80.1 cm³/mol. The Morgan fingerprint density at radius 2 is 2.29 bits per heavy atom. The number of likely N-dealkylation sites (tertiary alicyclic amines) is 1. The van der Waals surface area contributed by atoms with Crippen LogP contribution in [0.15, 0.2) is 15.2 Å². The molecule has 1 fully saturated rings. The number of halogens is 1. The lowest BCUT2D eigenvalue weighted by Gasteiger charge is -2.35. The predicted octanol–water partition coefficient (Wildman–Crippen LogP) is 1.72. The highest BCUT2D eigenvalue weighted by Crippen LogP contribution is 2.33. The Kier molecular flexibility index (Phi) is 4.73. The van der Waals surface area contributed by atoms with Crippen molar-refractivity contribution in [2.75, 3.05) is 27.3 Å². The fourth-order valence-corrected chi connectivity index (χ4v) is 3.38. The van der Waals surface area contributed by atoms with E-state index in [1.54, 1.807) is 24.9 Å². The highest BCUT2D eigenvalue weighted by molar-refractivity contribution is 9.10. The van der Waals surface area contributed by atoms with Crippen LogP contribution in [0.3, 0.4) is 0 Å². The number of nitrogens with zero attached hydrogens (tertiary/aromatic N) is 1. The topological polar surface area (TPSA) is 71.8 Å². The first kappa shape index (κ1) is 16.0. The highest BCUT2D eigenvalue weighted by atomic mass is 79.9. The van der Waals surface area contributed by atoms with E-state index in [1.807, 2.05) is 0 Å². The van der Waals surface area contributed by atoms with E-state index in [1.165, 1.54) is 7.11 Å². The summed E-state index contributed by atoms with van der Waals surface area (Å²) in [6.07, 6.45) is 1.33. The molecule has 0 bridgehead atoms. The highest BCUT2D eigenvalue weighted by Gasteiger charge is 2.50. The first-order chi connectivity index (χ1) is 9.96. The molecular weight excluding hydrogens is 340 g/mol. The number of hydrogen-bond donors (Lipinski definition) is 1. The minimum absolute atomic E-state index is 0.166. The zero-order valence-corrected chi connectivity index (χ0v) is 13.9. The summed E-state index contributed by atoms with van der Waals surface area (Å²) in [7, 11) is 3.09. The van der Waals surface area contributed by atoms with E-state index < -0.39 is 5.54 Å². The van der Waals surface area contributed by atoms with E-state index in [2.05, 4.69) is 21.2 Å². The fraction of sp³-hybridized carbons (Fsp3) is 0.571. The molecule has 0 radical (unpaired) electrons. The van der Waals surface area contributed by atoms with Crippen LogP contribution in [0.5, 0.6) is 0 Å². The molecule has 2 amide bonds. The maximum atomic E-state index is 12.8. The van der Waals surface area contributed by atoms with E-state index in [9.17, 15) is 9.59 Å². The smallest absolute Gasteiger partial charge is 0.290 e. The molecule has 1 atom stereocenters. The number of amides is 2. The van der Waals surface area contributed by atoms with Crippen molar-refractivity contribution in [3.63, 3.8) is 0 Å². The van der Waals surface area contributed by atoms with Crippen LogP contribution < -0.4 is 5.32 Å². The lowest BCUT2D eigenvalue weighted by Crippen LogP contribution is -2.59. The summed E-state index contributed by atoms with van der Waals surface area (Å²) in [6, 6.07) is 1.74. The van der Waals surface area contributed by atoms with Crippen LogP contribution in [0.1, 0.15) is 29.0 Å². The van der Waals surface area contributed by atoms with Gasteiger partial charge in [-0.3, -0.25) is 9.59 Å². The average Bonchev–Trinajstić information content (AvgIpc) is 3.02. The van der Waals surface area contributed by atoms with Gasteiger partial charge in [0, 0.05) is 26.3 Å². The molecule has 2 rings (SSSR count). The van der Waals surface area contributed by atoms with E-state index in [0.29, 0.717) is 17.6 Å². The number of furan rings is 1. The molecule has 0 aromatic carbocycles. The van der Waals surface area contributed by atoms with Crippen LogP contribution >= 0.6 is 15.9 Å². The molecule has 0 saturated carbocycles. The van der Waals surface area contributed by atoms with Gasteiger partial charge in [-0.05, 0) is 41.8 Å². The Bertz CT molecular complexity index is 557. The van der Waals surface area contributed by atoms with E-state index in [4.69, 9.17) is 9.15 Å². The molecule has 1 unspecified atom stereocenters. The van der Waals surface area contributed by atoms with Gasteiger partial charge in [0.1, 0.15) is 5.54 Å². The Labute approximate surface area is 131 Å². The van der Waals surface area contributed by atoms with Gasteiger partial charge in [-0.2, -0.15) is 0 Å². The number of rotatable bonds is 4. The van der Waals surface area contributed by atoms with Crippen LogP contribution in [-0.2, 0) is 9.53 Å². The molecule has 6 nitrogen and oxygen atoms in total. The number of ether oxygens (including phenoxy) is 1. The second-order valence-corrected chi connectivity index (χ2v) is 5.95. The van der Waals surface area contributed by atoms with E-state index in [-0.39, 0.29) is 24.2 Å². The molecule has 1 aliphatic rings. The molecule has 0 aliphatic carbocycles. The van der Waals surface area contributed by atoms with Crippen molar-refractivity contribution in [3.8, 4) is 0 Å². The maximum Gasteiger partial charge on any atom is 0.290 e. The maximum absolute atomic E-state index is 12.8. The van der Waals surface area contributed by atoms with Crippen LogP contribution in [-0.4, -0.2) is 49.6 Å². The third-order valence-corrected chi connectivity index (χ3v) is 4.24. The number of carbonyl (C=O) groups is 2. The second kappa shape index (κ2) is 6.19. The van der Waals surface area contributed by atoms with Gasteiger partial charge in [0.05, 0.1) is 6.61 Å². The molecule has 7 heteroatoms. The Balaban J connectivity index is 2.38. The fourth-order valence-electron chi connectivity index (χ4n) is 2.88. The third-order valence-electron chi connectivity index (χ3n) is 3.85. The Morgan fingerprint density at radius 3 is 2.81 bits per heavy atom. The lowest BCUT2D eigenvalue weighted by molar-refractivity contribution is -0.133. The van der Waals surface area contributed by atoms with Gasteiger partial charge in [0.25, 0.3) is 5.91 Å². The zero-order chi connectivity index (χ0) is 15.6. The molecule has 21 heavy (non-hydrogen) atoms. The van der Waals surface area contributed by atoms with Gasteiger partial charge in [-0.25, -0.2) is 0 Å². The van der Waals surface area contributed by atoms with E-state index >= 15 is 0 Å². The van der Waals surface area contributed by atoms with Crippen molar-refractivity contribution in [3.05, 3.63) is 22.1 Å².